The lowest BCUT2D eigenvalue weighted by Crippen LogP contribution is -2.39. The predicted octanol–water partition coefficient (Wildman–Crippen LogP) is 0.405. The summed E-state index contributed by atoms with van der Waals surface area (Å²) in [5.41, 5.74) is 5.17. The minimum absolute atomic E-state index is 0.149. The number of nitrogens with zero attached hydrogens (tertiary/aromatic N) is 2. The highest BCUT2D eigenvalue weighted by molar-refractivity contribution is 7.89. The summed E-state index contributed by atoms with van der Waals surface area (Å²) in [6.45, 7) is 2.14. The smallest absolute Gasteiger partial charge is 0.289 e. The number of sulfonamides is 1. The lowest BCUT2D eigenvalue weighted by molar-refractivity contribution is -0.387. The summed E-state index contributed by atoms with van der Waals surface area (Å²) in [6, 6.07) is 3.07. The van der Waals surface area contributed by atoms with E-state index in [-0.39, 0.29) is 5.69 Å². The summed E-state index contributed by atoms with van der Waals surface area (Å²) < 4.78 is 26.8. The molecule has 0 radical (unpaired) electrons. The van der Waals surface area contributed by atoms with Gasteiger partial charge in [0, 0.05) is 24.3 Å². The molecular weight excluding hydrogens is 284 g/mol. The van der Waals surface area contributed by atoms with Crippen molar-refractivity contribution < 1.29 is 13.3 Å². The highest BCUT2D eigenvalue weighted by atomic mass is 32.2. The summed E-state index contributed by atoms with van der Waals surface area (Å²) >= 11 is 0. The third kappa shape index (κ3) is 4.15. The Kier molecular flexibility index (Phi) is 5.03. The van der Waals surface area contributed by atoms with Crippen molar-refractivity contribution in [2.24, 2.45) is 0 Å². The molecule has 0 amide bonds. The van der Waals surface area contributed by atoms with Crippen LogP contribution in [-0.4, -0.2) is 44.9 Å². The van der Waals surface area contributed by atoms with Gasteiger partial charge in [0.2, 0.25) is 10.0 Å². The minimum Gasteiger partial charge on any atom is -0.399 e. The molecule has 0 aliphatic carbocycles. The average molecular weight is 302 g/mol. The number of benzene rings is 1. The van der Waals surface area contributed by atoms with Crippen molar-refractivity contribution in [2.45, 2.75) is 17.9 Å². The van der Waals surface area contributed by atoms with E-state index in [1.165, 1.54) is 6.07 Å². The molecule has 0 aliphatic heterocycles. The molecule has 112 valence electrons. The van der Waals surface area contributed by atoms with Crippen LogP contribution >= 0.6 is 0 Å². The maximum atomic E-state index is 12.2. The number of hydrogen-bond acceptors (Lipinski definition) is 6. The molecular formula is C11H18N4O4S. The van der Waals surface area contributed by atoms with Gasteiger partial charge in [0.1, 0.15) is 0 Å². The van der Waals surface area contributed by atoms with E-state index in [2.05, 4.69) is 4.72 Å². The van der Waals surface area contributed by atoms with E-state index in [0.717, 1.165) is 12.1 Å². The molecule has 3 N–H and O–H groups in total. The Morgan fingerprint density at radius 1 is 1.45 bits per heavy atom. The molecule has 0 fully saturated rings. The van der Waals surface area contributed by atoms with Crippen LogP contribution in [-0.2, 0) is 10.0 Å². The first-order valence-electron chi connectivity index (χ1n) is 5.84. The van der Waals surface area contributed by atoms with Gasteiger partial charge in [-0.2, -0.15) is 0 Å². The fourth-order valence-corrected chi connectivity index (χ4v) is 3.25. The number of hydrogen-bond donors (Lipinski definition) is 2. The molecule has 1 rings (SSSR count). The van der Waals surface area contributed by atoms with E-state index in [0.29, 0.717) is 6.54 Å². The lowest BCUT2D eigenvalue weighted by atomic mass is 10.3. The second kappa shape index (κ2) is 6.16. The predicted molar refractivity (Wildman–Crippen MR) is 75.8 cm³/mol. The molecule has 9 heteroatoms. The maximum absolute atomic E-state index is 12.2. The van der Waals surface area contributed by atoms with Crippen LogP contribution in [0.2, 0.25) is 0 Å². The normalized spacial score (nSPS) is 13.4. The third-order valence-electron chi connectivity index (χ3n) is 2.47. The Labute approximate surface area is 117 Å². The first-order valence-corrected chi connectivity index (χ1v) is 7.33. The Morgan fingerprint density at radius 2 is 2.05 bits per heavy atom. The van der Waals surface area contributed by atoms with Crippen molar-refractivity contribution in [1.29, 1.82) is 0 Å². The molecule has 1 aromatic carbocycles. The van der Waals surface area contributed by atoms with Crippen LogP contribution in [0, 0.1) is 10.1 Å². The first kappa shape index (κ1) is 16.3. The largest absolute Gasteiger partial charge is 0.399 e. The van der Waals surface area contributed by atoms with Crippen LogP contribution in [0.15, 0.2) is 23.1 Å². The quantitative estimate of drug-likeness (QED) is 0.446. The van der Waals surface area contributed by atoms with Gasteiger partial charge in [-0.15, -0.1) is 0 Å². The van der Waals surface area contributed by atoms with E-state index < -0.39 is 31.6 Å². The zero-order valence-electron chi connectivity index (χ0n) is 11.5. The molecule has 0 heterocycles. The highest BCUT2D eigenvalue weighted by Crippen LogP contribution is 2.25. The van der Waals surface area contributed by atoms with Crippen LogP contribution in [0.3, 0.4) is 0 Å². The lowest BCUT2D eigenvalue weighted by Gasteiger charge is -2.18. The topological polar surface area (TPSA) is 119 Å². The molecule has 1 unspecified atom stereocenters. The summed E-state index contributed by atoms with van der Waals surface area (Å²) in [5.74, 6) is 0. The number of rotatable bonds is 6. The Hall–Kier alpha value is -1.71. The van der Waals surface area contributed by atoms with Crippen molar-refractivity contribution in [2.75, 3.05) is 26.4 Å². The fraction of sp³-hybridized carbons (Fsp3) is 0.455. The summed E-state index contributed by atoms with van der Waals surface area (Å²) in [6.07, 6.45) is 0. The van der Waals surface area contributed by atoms with Gasteiger partial charge < -0.3 is 10.6 Å². The van der Waals surface area contributed by atoms with Crippen molar-refractivity contribution >= 4 is 21.4 Å². The zero-order chi connectivity index (χ0) is 15.5. The first-order chi connectivity index (χ1) is 9.13. The van der Waals surface area contributed by atoms with Crippen LogP contribution in [0.25, 0.3) is 0 Å². The number of nitrogens with two attached hydrogens (primary N) is 1. The number of nitrogens with one attached hydrogen (secondary N) is 1. The molecule has 0 spiro atoms. The number of anilines is 1. The van der Waals surface area contributed by atoms with Crippen molar-refractivity contribution in [3.63, 3.8) is 0 Å². The maximum Gasteiger partial charge on any atom is 0.289 e. The summed E-state index contributed by atoms with van der Waals surface area (Å²) in [4.78, 5) is 11.5. The molecule has 1 atom stereocenters. The number of nitro groups is 1. The number of likely N-dealkylation sites (N-methyl/N-ethyl adjacent to an activating group) is 1. The van der Waals surface area contributed by atoms with E-state index in [9.17, 15) is 18.5 Å². The van der Waals surface area contributed by atoms with Crippen molar-refractivity contribution in [1.82, 2.24) is 9.62 Å². The van der Waals surface area contributed by atoms with E-state index in [1.54, 1.807) is 25.9 Å². The Bertz CT molecular complexity index is 600. The van der Waals surface area contributed by atoms with Gasteiger partial charge in [0.15, 0.2) is 4.90 Å². The van der Waals surface area contributed by atoms with Gasteiger partial charge in [0.25, 0.3) is 5.69 Å². The van der Waals surface area contributed by atoms with E-state index in [4.69, 9.17) is 5.73 Å². The van der Waals surface area contributed by atoms with Crippen LogP contribution in [0.5, 0.6) is 0 Å². The monoisotopic (exact) mass is 302 g/mol. The van der Waals surface area contributed by atoms with Crippen LogP contribution in [0.4, 0.5) is 11.4 Å². The molecule has 0 bridgehead atoms. The van der Waals surface area contributed by atoms with Gasteiger partial charge in [-0.25, -0.2) is 13.1 Å². The molecule has 8 nitrogen and oxygen atoms in total. The zero-order valence-corrected chi connectivity index (χ0v) is 12.3. The second-order valence-electron chi connectivity index (χ2n) is 4.77. The number of nitro benzene ring substituents is 1. The molecule has 0 saturated heterocycles. The molecule has 0 saturated carbocycles. The van der Waals surface area contributed by atoms with Gasteiger partial charge in [0.05, 0.1) is 4.92 Å². The van der Waals surface area contributed by atoms with Crippen molar-refractivity contribution in [3.8, 4) is 0 Å². The van der Waals surface area contributed by atoms with Gasteiger partial charge in [-0.1, -0.05) is 0 Å². The van der Waals surface area contributed by atoms with E-state index >= 15 is 0 Å². The summed E-state index contributed by atoms with van der Waals surface area (Å²) in [7, 11) is -0.403. The fourth-order valence-electron chi connectivity index (χ4n) is 1.81. The van der Waals surface area contributed by atoms with Gasteiger partial charge in [-0.05, 0) is 33.2 Å². The SMILES string of the molecule is CC(CN(C)C)NS(=O)(=O)c1cc(N)ccc1[N+](=O)[O-]. The van der Waals surface area contributed by atoms with Crippen LogP contribution in [0.1, 0.15) is 6.92 Å². The average Bonchev–Trinajstić information content (AvgIpc) is 2.26. The van der Waals surface area contributed by atoms with Gasteiger partial charge in [-0.3, -0.25) is 10.1 Å². The summed E-state index contributed by atoms with van der Waals surface area (Å²) in [5, 5.41) is 10.9. The third-order valence-corrected chi connectivity index (χ3v) is 4.08. The Balaban J connectivity index is 3.15. The highest BCUT2D eigenvalue weighted by Gasteiger charge is 2.27. The minimum atomic E-state index is -4.00. The standard InChI is InChI=1S/C11H18N4O4S/c1-8(7-14(2)3)13-20(18,19)11-6-9(12)4-5-10(11)15(16)17/h4-6,8,13H,7,12H2,1-3H3. The second-order valence-corrected chi connectivity index (χ2v) is 6.45. The molecule has 1 aromatic rings. The molecule has 0 aliphatic rings. The molecule has 20 heavy (non-hydrogen) atoms. The van der Waals surface area contributed by atoms with Gasteiger partial charge >= 0.3 is 0 Å². The molecule has 0 aromatic heterocycles. The van der Waals surface area contributed by atoms with Crippen LogP contribution < -0.4 is 10.5 Å². The van der Waals surface area contributed by atoms with E-state index in [1.807, 2.05) is 0 Å². The number of nitrogen functional groups attached to an aromatic ring is 1. The van der Waals surface area contributed by atoms with Crippen molar-refractivity contribution in [3.05, 3.63) is 28.3 Å². The Morgan fingerprint density at radius 3 is 2.55 bits per heavy atom.